The van der Waals surface area contributed by atoms with Crippen molar-refractivity contribution < 1.29 is 9.53 Å². The van der Waals surface area contributed by atoms with Crippen LogP contribution in [0.1, 0.15) is 27.2 Å². The van der Waals surface area contributed by atoms with Gasteiger partial charge >= 0.3 is 0 Å². The Bertz CT molecular complexity index is 1320. The van der Waals surface area contributed by atoms with Crippen molar-refractivity contribution in [3.8, 4) is 5.75 Å². The number of benzene rings is 2. The van der Waals surface area contributed by atoms with Crippen LogP contribution < -0.4 is 10.1 Å². The third-order valence-corrected chi connectivity index (χ3v) is 6.03. The minimum atomic E-state index is -0.379. The lowest BCUT2D eigenvalue weighted by atomic mass is 10.1. The van der Waals surface area contributed by atoms with Crippen molar-refractivity contribution in [1.29, 1.82) is 0 Å². The Hall–Kier alpha value is -2.81. The van der Waals surface area contributed by atoms with Crippen molar-refractivity contribution in [3.05, 3.63) is 91.8 Å². The second-order valence-corrected chi connectivity index (χ2v) is 9.19. The number of aromatic nitrogens is 4. The van der Waals surface area contributed by atoms with Gasteiger partial charge in [-0.05, 0) is 70.7 Å². The van der Waals surface area contributed by atoms with Gasteiger partial charge in [0.1, 0.15) is 5.75 Å². The molecule has 1 amide bonds. The molecule has 0 saturated carbocycles. The average Bonchev–Trinajstić information content (AvgIpc) is 3.37. The van der Waals surface area contributed by atoms with E-state index in [1.54, 1.807) is 40.0 Å². The molecule has 10 heteroatoms. The van der Waals surface area contributed by atoms with E-state index in [1.807, 2.05) is 38.1 Å². The minimum Gasteiger partial charge on any atom is -0.471 e. The third kappa shape index (κ3) is 5.76. The van der Waals surface area contributed by atoms with Crippen molar-refractivity contribution in [3.63, 3.8) is 0 Å². The Balaban J connectivity index is 1.39. The summed E-state index contributed by atoms with van der Waals surface area (Å²) in [4.78, 5) is 12.7. The largest absolute Gasteiger partial charge is 0.471 e. The van der Waals surface area contributed by atoms with Crippen LogP contribution in [0.4, 0.5) is 5.82 Å². The number of carbonyl (C=O) groups is 1. The molecule has 0 aliphatic heterocycles. The van der Waals surface area contributed by atoms with Crippen LogP contribution in [0, 0.1) is 13.8 Å². The molecule has 1 N–H and O–H groups in total. The molecule has 0 aliphatic carbocycles. The summed E-state index contributed by atoms with van der Waals surface area (Å²) in [6, 6.07) is 12.9. The van der Waals surface area contributed by atoms with E-state index < -0.39 is 0 Å². The van der Waals surface area contributed by atoms with E-state index >= 15 is 0 Å². The molecular weight excluding hydrogens is 529 g/mol. The molecule has 33 heavy (non-hydrogen) atoms. The van der Waals surface area contributed by atoms with E-state index in [-0.39, 0.29) is 18.3 Å². The van der Waals surface area contributed by atoms with Crippen molar-refractivity contribution in [2.24, 2.45) is 0 Å². The van der Waals surface area contributed by atoms with Gasteiger partial charge in [0.05, 0.1) is 11.0 Å². The highest BCUT2D eigenvalue weighted by Crippen LogP contribution is 2.25. The number of hydrogen-bond donors (Lipinski definition) is 1. The number of hydrogen-bond acceptors (Lipinski definition) is 4. The monoisotopic (exact) mass is 547 g/mol. The number of aryl methyl sites for hydroxylation is 2. The first-order valence-electron chi connectivity index (χ1n) is 10.0. The van der Waals surface area contributed by atoms with Crippen LogP contribution >= 0.6 is 39.1 Å². The Labute approximate surface area is 209 Å². The zero-order chi connectivity index (χ0) is 23.5. The van der Waals surface area contributed by atoms with Gasteiger partial charge < -0.3 is 10.1 Å². The van der Waals surface area contributed by atoms with Crippen molar-refractivity contribution >= 4 is 50.9 Å². The number of anilines is 1. The van der Waals surface area contributed by atoms with Crippen LogP contribution in [-0.4, -0.2) is 25.5 Å². The average molecular weight is 549 g/mol. The van der Waals surface area contributed by atoms with Crippen LogP contribution in [0.5, 0.6) is 5.75 Å². The molecule has 2 heterocycles. The Morgan fingerprint density at radius 3 is 2.70 bits per heavy atom. The molecule has 2 aromatic carbocycles. The van der Waals surface area contributed by atoms with Crippen LogP contribution in [-0.2, 0) is 13.3 Å². The zero-order valence-corrected chi connectivity index (χ0v) is 20.9. The van der Waals surface area contributed by atoms with E-state index in [4.69, 9.17) is 27.9 Å². The molecule has 0 radical (unpaired) electrons. The molecule has 0 spiro atoms. The van der Waals surface area contributed by atoms with Gasteiger partial charge in [-0.25, -0.2) is 4.68 Å². The summed E-state index contributed by atoms with van der Waals surface area (Å²) in [6.07, 6.45) is 3.45. The normalized spacial score (nSPS) is 10.9. The predicted molar refractivity (Wildman–Crippen MR) is 132 cm³/mol. The number of halogens is 3. The lowest BCUT2D eigenvalue weighted by Crippen LogP contribution is -2.15. The summed E-state index contributed by atoms with van der Waals surface area (Å²) in [7, 11) is 0. The van der Waals surface area contributed by atoms with Gasteiger partial charge in [0, 0.05) is 22.4 Å². The second kappa shape index (κ2) is 9.99. The number of nitrogens with one attached hydrogen (secondary N) is 1. The van der Waals surface area contributed by atoms with Crippen LogP contribution in [0.15, 0.2) is 59.3 Å². The maximum atomic E-state index is 12.7. The van der Waals surface area contributed by atoms with Gasteiger partial charge in [-0.15, -0.1) is 0 Å². The molecular formula is C23H20BrCl2N5O2. The van der Waals surface area contributed by atoms with Gasteiger partial charge in [0.2, 0.25) is 0 Å². The molecule has 0 saturated heterocycles. The Kier molecular flexibility index (Phi) is 7.07. The van der Waals surface area contributed by atoms with Gasteiger partial charge in [0.25, 0.3) is 5.91 Å². The SMILES string of the molecule is Cc1ccc(C)c(OCn2ccc(C(=O)Nc3nn(Cc4ccc(Cl)cc4Cl)cc3Br)n2)c1. The lowest BCUT2D eigenvalue weighted by Gasteiger charge is -2.09. The maximum Gasteiger partial charge on any atom is 0.277 e. The molecule has 0 aliphatic rings. The fraction of sp³-hybridized carbons (Fsp3) is 0.174. The van der Waals surface area contributed by atoms with Gasteiger partial charge in [-0.2, -0.15) is 10.2 Å². The Morgan fingerprint density at radius 2 is 1.91 bits per heavy atom. The highest BCUT2D eigenvalue weighted by Gasteiger charge is 2.15. The standard InChI is InChI=1S/C23H20BrCl2N5O2/c1-14-3-4-15(2)21(9-14)33-13-30-8-7-20(28-30)23(32)27-22-18(24)12-31(29-22)11-16-5-6-17(25)10-19(16)26/h3-10,12H,11,13H2,1-2H3,(H,27,29,32). The van der Waals surface area contributed by atoms with Gasteiger partial charge in [0.15, 0.2) is 18.2 Å². The minimum absolute atomic E-state index is 0.192. The first-order chi connectivity index (χ1) is 15.8. The Morgan fingerprint density at radius 1 is 1.09 bits per heavy atom. The number of nitrogens with zero attached hydrogens (tertiary/aromatic N) is 4. The van der Waals surface area contributed by atoms with Gasteiger partial charge in [-0.3, -0.25) is 9.48 Å². The third-order valence-electron chi connectivity index (χ3n) is 4.87. The summed E-state index contributed by atoms with van der Waals surface area (Å²) in [5, 5.41) is 12.6. The van der Waals surface area contributed by atoms with Gasteiger partial charge in [-0.1, -0.05) is 41.4 Å². The smallest absolute Gasteiger partial charge is 0.277 e. The molecule has 4 aromatic rings. The summed E-state index contributed by atoms with van der Waals surface area (Å²) in [5.74, 6) is 0.786. The van der Waals surface area contributed by atoms with Crippen LogP contribution in [0.2, 0.25) is 10.0 Å². The highest BCUT2D eigenvalue weighted by molar-refractivity contribution is 9.10. The first kappa shape index (κ1) is 23.4. The number of carbonyl (C=O) groups excluding carboxylic acids is 1. The summed E-state index contributed by atoms with van der Waals surface area (Å²) < 4.78 is 9.71. The molecule has 0 atom stereocenters. The van der Waals surface area contributed by atoms with E-state index in [0.29, 0.717) is 26.9 Å². The summed E-state index contributed by atoms with van der Waals surface area (Å²) >= 11 is 15.6. The number of amides is 1. The summed E-state index contributed by atoms with van der Waals surface area (Å²) in [5.41, 5.74) is 3.25. The molecule has 4 rings (SSSR count). The number of rotatable bonds is 7. The molecule has 170 valence electrons. The van der Waals surface area contributed by atoms with Crippen molar-refractivity contribution in [2.45, 2.75) is 27.1 Å². The topological polar surface area (TPSA) is 74.0 Å². The van der Waals surface area contributed by atoms with Crippen molar-refractivity contribution in [2.75, 3.05) is 5.32 Å². The maximum absolute atomic E-state index is 12.7. The van der Waals surface area contributed by atoms with Crippen molar-refractivity contribution in [1.82, 2.24) is 19.6 Å². The lowest BCUT2D eigenvalue weighted by molar-refractivity contribution is 0.101. The first-order valence-corrected chi connectivity index (χ1v) is 11.5. The van der Waals surface area contributed by atoms with E-state index in [9.17, 15) is 4.79 Å². The fourth-order valence-corrected chi connectivity index (χ4v) is 3.99. The summed E-state index contributed by atoms with van der Waals surface area (Å²) in [6.45, 7) is 4.60. The molecule has 7 nitrogen and oxygen atoms in total. The van der Waals surface area contributed by atoms with Crippen LogP contribution in [0.25, 0.3) is 0 Å². The molecule has 0 unspecified atom stereocenters. The molecule has 2 aromatic heterocycles. The van der Waals surface area contributed by atoms with E-state index in [0.717, 1.165) is 22.4 Å². The zero-order valence-electron chi connectivity index (χ0n) is 17.8. The number of ether oxygens (including phenoxy) is 1. The molecule has 0 fully saturated rings. The van der Waals surface area contributed by atoms with Crippen LogP contribution in [0.3, 0.4) is 0 Å². The van der Waals surface area contributed by atoms with E-state index in [1.165, 1.54) is 0 Å². The highest BCUT2D eigenvalue weighted by atomic mass is 79.9. The predicted octanol–water partition coefficient (Wildman–Crippen LogP) is 6.10. The fourth-order valence-electron chi connectivity index (χ4n) is 3.11. The quantitative estimate of drug-likeness (QED) is 0.302. The second-order valence-electron chi connectivity index (χ2n) is 7.50. The van der Waals surface area contributed by atoms with E-state index in [2.05, 4.69) is 31.4 Å². The molecule has 0 bridgehead atoms.